The summed E-state index contributed by atoms with van der Waals surface area (Å²) in [6, 6.07) is 4.83. The van der Waals surface area contributed by atoms with Gasteiger partial charge in [-0.05, 0) is 42.6 Å². The Labute approximate surface area is 125 Å². The van der Waals surface area contributed by atoms with Gasteiger partial charge in [-0.1, -0.05) is 12.1 Å². The molecule has 2 rings (SSSR count). The molecule has 0 spiro atoms. The number of carbonyl (C=O) groups excluding carboxylic acids is 1. The second-order valence-corrected chi connectivity index (χ2v) is 4.76. The molecule has 1 aromatic heterocycles. The lowest BCUT2D eigenvalue weighted by atomic mass is 9.96. The lowest BCUT2D eigenvalue weighted by Crippen LogP contribution is -2.19. The highest BCUT2D eigenvalue weighted by Gasteiger charge is 2.21. The molecule has 2 aromatic rings. The van der Waals surface area contributed by atoms with Crippen LogP contribution in [0.3, 0.4) is 0 Å². The molecule has 0 atom stereocenters. The van der Waals surface area contributed by atoms with E-state index < -0.39 is 11.9 Å². The molecule has 1 amide bonds. The highest BCUT2D eigenvalue weighted by atomic mass is 35.5. The molecule has 1 heterocycles. The summed E-state index contributed by atoms with van der Waals surface area (Å²) >= 11 is 5.64. The van der Waals surface area contributed by atoms with E-state index in [2.05, 4.69) is 15.3 Å². The van der Waals surface area contributed by atoms with Crippen LogP contribution in [0.1, 0.15) is 31.8 Å². The van der Waals surface area contributed by atoms with E-state index in [-0.39, 0.29) is 22.2 Å². The Morgan fingerprint density at radius 1 is 1.14 bits per heavy atom. The van der Waals surface area contributed by atoms with Gasteiger partial charge in [-0.2, -0.15) is 0 Å². The fraction of sp³-hybridized carbons (Fsp3) is 0.143. The molecule has 0 aliphatic heterocycles. The highest BCUT2D eigenvalue weighted by Crippen LogP contribution is 2.20. The monoisotopic (exact) mass is 305 g/mol. The largest absolute Gasteiger partial charge is 0.478 e. The molecular formula is C14H12ClN3O3. The zero-order valence-corrected chi connectivity index (χ0v) is 12.1. The summed E-state index contributed by atoms with van der Waals surface area (Å²) < 4.78 is 0. The summed E-state index contributed by atoms with van der Waals surface area (Å²) in [5.41, 5.74) is 1.17. The number of carbonyl (C=O) groups is 2. The summed E-state index contributed by atoms with van der Waals surface area (Å²) in [5.74, 6) is -1.50. The maximum atomic E-state index is 12.3. The summed E-state index contributed by atoms with van der Waals surface area (Å²) in [7, 11) is 0. The fourth-order valence-electron chi connectivity index (χ4n) is 1.96. The molecule has 0 saturated heterocycles. The third-order valence-electron chi connectivity index (χ3n) is 2.93. The maximum absolute atomic E-state index is 12.3. The fourth-order valence-corrected chi connectivity index (χ4v) is 2.11. The van der Waals surface area contributed by atoms with Gasteiger partial charge >= 0.3 is 5.97 Å². The minimum atomic E-state index is -1.15. The van der Waals surface area contributed by atoms with Crippen molar-refractivity contribution in [3.63, 3.8) is 0 Å². The van der Waals surface area contributed by atoms with Crippen molar-refractivity contribution >= 4 is 29.3 Å². The van der Waals surface area contributed by atoms with E-state index in [0.29, 0.717) is 11.1 Å². The minimum Gasteiger partial charge on any atom is -0.478 e. The van der Waals surface area contributed by atoms with Gasteiger partial charge in [0.15, 0.2) is 0 Å². The molecule has 2 N–H and O–H groups in total. The first-order valence-electron chi connectivity index (χ1n) is 6.03. The van der Waals surface area contributed by atoms with Crippen LogP contribution in [0.5, 0.6) is 0 Å². The van der Waals surface area contributed by atoms with E-state index in [4.69, 9.17) is 11.6 Å². The van der Waals surface area contributed by atoms with Crippen molar-refractivity contribution in [2.45, 2.75) is 13.8 Å². The average molecular weight is 306 g/mol. The molecule has 21 heavy (non-hydrogen) atoms. The molecule has 6 nitrogen and oxygen atoms in total. The number of benzene rings is 1. The van der Waals surface area contributed by atoms with Crippen molar-refractivity contribution in [2.75, 3.05) is 5.32 Å². The number of hydrogen-bond acceptors (Lipinski definition) is 4. The quantitative estimate of drug-likeness (QED) is 0.851. The zero-order valence-electron chi connectivity index (χ0n) is 11.3. The summed E-state index contributed by atoms with van der Waals surface area (Å²) in [5, 5.41) is 11.8. The number of carboxylic acids is 1. The van der Waals surface area contributed by atoms with E-state index in [0.717, 1.165) is 0 Å². The van der Waals surface area contributed by atoms with Gasteiger partial charge in [0.25, 0.3) is 5.91 Å². The number of carboxylic acid groups (broad SMARTS) is 1. The number of amides is 1. The number of hydrogen-bond donors (Lipinski definition) is 2. The van der Waals surface area contributed by atoms with Gasteiger partial charge in [0, 0.05) is 6.20 Å². The van der Waals surface area contributed by atoms with Gasteiger partial charge in [-0.15, -0.1) is 0 Å². The van der Waals surface area contributed by atoms with Crippen LogP contribution in [0.15, 0.2) is 24.4 Å². The van der Waals surface area contributed by atoms with E-state index in [9.17, 15) is 14.7 Å². The van der Waals surface area contributed by atoms with Crippen LogP contribution in [-0.2, 0) is 0 Å². The SMILES string of the molecule is Cc1ccc(C)c(C(=O)Nc2ccnc(Cl)n2)c1C(=O)O. The molecule has 0 aliphatic carbocycles. The number of nitrogens with zero attached hydrogens (tertiary/aromatic N) is 2. The second-order valence-electron chi connectivity index (χ2n) is 4.42. The lowest BCUT2D eigenvalue weighted by Gasteiger charge is -2.12. The van der Waals surface area contributed by atoms with Crippen molar-refractivity contribution < 1.29 is 14.7 Å². The Bertz CT molecular complexity index is 731. The smallest absolute Gasteiger partial charge is 0.336 e. The predicted molar refractivity (Wildman–Crippen MR) is 77.9 cm³/mol. The second kappa shape index (κ2) is 5.88. The molecule has 7 heteroatoms. The topological polar surface area (TPSA) is 92.2 Å². The Balaban J connectivity index is 2.44. The van der Waals surface area contributed by atoms with E-state index >= 15 is 0 Å². The number of halogens is 1. The Kier molecular flexibility index (Phi) is 4.18. The van der Waals surface area contributed by atoms with Crippen LogP contribution >= 0.6 is 11.6 Å². The van der Waals surface area contributed by atoms with Crippen molar-refractivity contribution in [1.29, 1.82) is 0 Å². The number of aromatic carboxylic acids is 1. The molecule has 0 aliphatic rings. The van der Waals surface area contributed by atoms with Crippen LogP contribution in [0.2, 0.25) is 5.28 Å². The number of aromatic nitrogens is 2. The molecule has 1 aromatic carbocycles. The van der Waals surface area contributed by atoms with E-state index in [1.807, 2.05) is 0 Å². The number of nitrogens with one attached hydrogen (secondary N) is 1. The van der Waals surface area contributed by atoms with Crippen molar-refractivity contribution in [1.82, 2.24) is 9.97 Å². The van der Waals surface area contributed by atoms with Gasteiger partial charge in [0.1, 0.15) is 5.82 Å². The van der Waals surface area contributed by atoms with Gasteiger partial charge in [-0.25, -0.2) is 14.8 Å². The zero-order chi connectivity index (χ0) is 15.6. The first-order chi connectivity index (χ1) is 9.90. The maximum Gasteiger partial charge on any atom is 0.336 e. The molecule has 0 unspecified atom stereocenters. The normalized spacial score (nSPS) is 10.2. The van der Waals surface area contributed by atoms with Gasteiger partial charge < -0.3 is 10.4 Å². The number of rotatable bonds is 3. The Morgan fingerprint density at radius 2 is 1.76 bits per heavy atom. The number of aryl methyl sites for hydroxylation is 2. The molecule has 0 bridgehead atoms. The number of anilines is 1. The van der Waals surface area contributed by atoms with Crippen LogP contribution in [0.4, 0.5) is 5.82 Å². The predicted octanol–water partition coefficient (Wildman–Crippen LogP) is 2.70. The van der Waals surface area contributed by atoms with E-state index in [1.54, 1.807) is 26.0 Å². The first kappa shape index (κ1) is 14.9. The first-order valence-corrected chi connectivity index (χ1v) is 6.41. The van der Waals surface area contributed by atoms with Crippen molar-refractivity contribution in [3.05, 3.63) is 51.9 Å². The van der Waals surface area contributed by atoms with Crippen LogP contribution < -0.4 is 5.32 Å². The summed E-state index contributed by atoms with van der Waals surface area (Å²) in [6.07, 6.45) is 1.39. The van der Waals surface area contributed by atoms with Crippen LogP contribution in [-0.4, -0.2) is 27.0 Å². The highest BCUT2D eigenvalue weighted by molar-refractivity contribution is 6.28. The average Bonchev–Trinajstić information content (AvgIpc) is 2.40. The minimum absolute atomic E-state index is 0.00720. The summed E-state index contributed by atoms with van der Waals surface area (Å²) in [6.45, 7) is 3.31. The summed E-state index contributed by atoms with van der Waals surface area (Å²) in [4.78, 5) is 31.3. The van der Waals surface area contributed by atoms with Crippen molar-refractivity contribution in [3.8, 4) is 0 Å². The molecule has 0 fully saturated rings. The van der Waals surface area contributed by atoms with Gasteiger partial charge in [0.05, 0.1) is 11.1 Å². The van der Waals surface area contributed by atoms with Gasteiger partial charge in [0.2, 0.25) is 5.28 Å². The molecular weight excluding hydrogens is 294 g/mol. The molecule has 0 saturated carbocycles. The third-order valence-corrected chi connectivity index (χ3v) is 3.11. The Morgan fingerprint density at radius 3 is 2.33 bits per heavy atom. The standard InChI is InChI=1S/C14H12ClN3O3/c1-7-3-4-8(2)11(13(20)21)10(7)12(19)17-9-5-6-16-14(15)18-9/h3-6H,1-2H3,(H,20,21)(H,16,17,18,19). The van der Waals surface area contributed by atoms with E-state index in [1.165, 1.54) is 12.3 Å². The van der Waals surface area contributed by atoms with Crippen LogP contribution in [0.25, 0.3) is 0 Å². The molecule has 108 valence electrons. The van der Waals surface area contributed by atoms with Gasteiger partial charge in [-0.3, -0.25) is 4.79 Å². The van der Waals surface area contributed by atoms with Crippen molar-refractivity contribution in [2.24, 2.45) is 0 Å². The lowest BCUT2D eigenvalue weighted by molar-refractivity contribution is 0.0691. The third kappa shape index (κ3) is 3.17. The molecule has 0 radical (unpaired) electrons. The van der Waals surface area contributed by atoms with Crippen LogP contribution in [0, 0.1) is 13.8 Å². The Hall–Kier alpha value is -2.47.